The standard InChI is InChI=1S/C14H12BrN3S/c15-12-4-3-9-7-11(2-1-10(9)8-12)14-18-17-13(19-14)5-6-16/h1-4,7-8H,5-6,16H2. The first-order valence-corrected chi connectivity index (χ1v) is 7.59. The van der Waals surface area contributed by atoms with Crippen molar-refractivity contribution in [2.45, 2.75) is 6.42 Å². The average molecular weight is 334 g/mol. The fourth-order valence-corrected chi connectivity index (χ4v) is 3.17. The van der Waals surface area contributed by atoms with Gasteiger partial charge in [-0.05, 0) is 35.5 Å². The fraction of sp³-hybridized carbons (Fsp3) is 0.143. The number of hydrogen-bond donors (Lipinski definition) is 1. The summed E-state index contributed by atoms with van der Waals surface area (Å²) >= 11 is 5.10. The summed E-state index contributed by atoms with van der Waals surface area (Å²) in [4.78, 5) is 0. The highest BCUT2D eigenvalue weighted by atomic mass is 79.9. The first-order chi connectivity index (χ1) is 9.26. The van der Waals surface area contributed by atoms with Gasteiger partial charge in [0.1, 0.15) is 10.0 Å². The Balaban J connectivity index is 2.02. The van der Waals surface area contributed by atoms with Crippen molar-refractivity contribution in [3.05, 3.63) is 45.9 Å². The van der Waals surface area contributed by atoms with E-state index in [9.17, 15) is 0 Å². The van der Waals surface area contributed by atoms with Gasteiger partial charge in [0.2, 0.25) is 0 Å². The average Bonchev–Trinajstić information content (AvgIpc) is 2.87. The van der Waals surface area contributed by atoms with Crippen LogP contribution in [-0.2, 0) is 6.42 Å². The van der Waals surface area contributed by atoms with Crippen molar-refractivity contribution in [2.24, 2.45) is 5.73 Å². The zero-order chi connectivity index (χ0) is 13.2. The topological polar surface area (TPSA) is 51.8 Å². The van der Waals surface area contributed by atoms with E-state index in [0.29, 0.717) is 6.54 Å². The Morgan fingerprint density at radius 2 is 1.84 bits per heavy atom. The molecule has 1 heterocycles. The van der Waals surface area contributed by atoms with E-state index in [1.165, 1.54) is 10.8 Å². The van der Waals surface area contributed by atoms with Gasteiger partial charge < -0.3 is 5.73 Å². The number of nitrogens with two attached hydrogens (primary N) is 1. The first kappa shape index (κ1) is 12.7. The minimum atomic E-state index is 0.611. The molecular weight excluding hydrogens is 322 g/mol. The molecule has 0 aliphatic carbocycles. The van der Waals surface area contributed by atoms with Gasteiger partial charge in [-0.2, -0.15) is 0 Å². The third kappa shape index (κ3) is 2.68. The summed E-state index contributed by atoms with van der Waals surface area (Å²) in [5.41, 5.74) is 6.64. The second kappa shape index (κ2) is 5.36. The number of benzene rings is 2. The molecule has 0 fully saturated rings. The van der Waals surface area contributed by atoms with Crippen LogP contribution >= 0.6 is 27.3 Å². The Bertz CT molecular complexity index is 724. The first-order valence-electron chi connectivity index (χ1n) is 5.98. The van der Waals surface area contributed by atoms with Crippen LogP contribution in [0.2, 0.25) is 0 Å². The van der Waals surface area contributed by atoms with Gasteiger partial charge in [-0.25, -0.2) is 0 Å². The highest BCUT2D eigenvalue weighted by Gasteiger charge is 2.07. The van der Waals surface area contributed by atoms with E-state index in [1.54, 1.807) is 11.3 Å². The van der Waals surface area contributed by atoms with Gasteiger partial charge in [0.15, 0.2) is 0 Å². The molecule has 3 nitrogen and oxygen atoms in total. The monoisotopic (exact) mass is 333 g/mol. The summed E-state index contributed by atoms with van der Waals surface area (Å²) in [6.07, 6.45) is 0.790. The van der Waals surface area contributed by atoms with Crippen LogP contribution in [0.15, 0.2) is 40.9 Å². The van der Waals surface area contributed by atoms with Crippen molar-refractivity contribution < 1.29 is 0 Å². The van der Waals surface area contributed by atoms with E-state index < -0.39 is 0 Å². The number of hydrogen-bond acceptors (Lipinski definition) is 4. The molecule has 0 spiro atoms. The van der Waals surface area contributed by atoms with Crippen LogP contribution in [0.25, 0.3) is 21.3 Å². The van der Waals surface area contributed by atoms with Gasteiger partial charge in [-0.1, -0.05) is 45.5 Å². The molecule has 96 valence electrons. The van der Waals surface area contributed by atoms with Crippen LogP contribution in [-0.4, -0.2) is 16.7 Å². The Labute approximate surface area is 123 Å². The highest BCUT2D eigenvalue weighted by Crippen LogP contribution is 2.28. The lowest BCUT2D eigenvalue weighted by Gasteiger charge is -2.01. The van der Waals surface area contributed by atoms with E-state index in [1.807, 2.05) is 6.07 Å². The van der Waals surface area contributed by atoms with Crippen LogP contribution in [0.5, 0.6) is 0 Å². The van der Waals surface area contributed by atoms with Gasteiger partial charge in [0.05, 0.1) is 0 Å². The van der Waals surface area contributed by atoms with Gasteiger partial charge in [-0.3, -0.25) is 0 Å². The van der Waals surface area contributed by atoms with E-state index in [0.717, 1.165) is 26.5 Å². The summed E-state index contributed by atoms with van der Waals surface area (Å²) in [6, 6.07) is 12.6. The van der Waals surface area contributed by atoms with Crippen molar-refractivity contribution in [3.8, 4) is 10.6 Å². The Morgan fingerprint density at radius 3 is 2.68 bits per heavy atom. The molecule has 0 unspecified atom stereocenters. The van der Waals surface area contributed by atoms with Crippen molar-refractivity contribution in [2.75, 3.05) is 6.54 Å². The fourth-order valence-electron chi connectivity index (χ4n) is 1.94. The molecule has 0 atom stereocenters. The normalized spacial score (nSPS) is 11.1. The van der Waals surface area contributed by atoms with Crippen LogP contribution in [0.3, 0.4) is 0 Å². The van der Waals surface area contributed by atoms with Gasteiger partial charge >= 0.3 is 0 Å². The SMILES string of the molecule is NCCc1nnc(-c2ccc3cc(Br)ccc3c2)s1. The molecule has 2 N–H and O–H groups in total. The number of halogens is 1. The van der Waals surface area contributed by atoms with Crippen LogP contribution in [0.4, 0.5) is 0 Å². The number of rotatable bonds is 3. The summed E-state index contributed by atoms with van der Waals surface area (Å²) < 4.78 is 1.09. The molecule has 0 saturated heterocycles. The maximum atomic E-state index is 5.53. The third-order valence-electron chi connectivity index (χ3n) is 2.87. The second-order valence-electron chi connectivity index (χ2n) is 4.25. The number of nitrogens with zero attached hydrogens (tertiary/aromatic N) is 2. The van der Waals surface area contributed by atoms with Crippen LogP contribution < -0.4 is 5.73 Å². The predicted molar refractivity (Wildman–Crippen MR) is 83.3 cm³/mol. The Morgan fingerprint density at radius 1 is 1.05 bits per heavy atom. The van der Waals surface area contributed by atoms with Crippen molar-refractivity contribution >= 4 is 38.0 Å². The lowest BCUT2D eigenvalue weighted by molar-refractivity contribution is 0.913. The highest BCUT2D eigenvalue weighted by molar-refractivity contribution is 9.10. The lowest BCUT2D eigenvalue weighted by Crippen LogP contribution is -2.01. The maximum Gasteiger partial charge on any atom is 0.147 e. The van der Waals surface area contributed by atoms with Crippen molar-refractivity contribution in [1.29, 1.82) is 0 Å². The van der Waals surface area contributed by atoms with Gasteiger partial charge in [0.25, 0.3) is 0 Å². The molecule has 0 aliphatic heterocycles. The molecule has 0 bridgehead atoms. The van der Waals surface area contributed by atoms with Crippen LogP contribution in [0, 0.1) is 0 Å². The van der Waals surface area contributed by atoms with Crippen molar-refractivity contribution in [3.63, 3.8) is 0 Å². The zero-order valence-corrected chi connectivity index (χ0v) is 12.5. The summed E-state index contributed by atoms with van der Waals surface area (Å²) in [5.74, 6) is 0. The maximum absolute atomic E-state index is 5.53. The molecule has 1 aromatic heterocycles. The van der Waals surface area contributed by atoms with Gasteiger partial charge in [-0.15, -0.1) is 10.2 Å². The molecule has 5 heteroatoms. The van der Waals surface area contributed by atoms with E-state index in [4.69, 9.17) is 5.73 Å². The molecule has 0 radical (unpaired) electrons. The smallest absolute Gasteiger partial charge is 0.147 e. The number of aromatic nitrogens is 2. The largest absolute Gasteiger partial charge is 0.330 e. The van der Waals surface area contributed by atoms with Crippen molar-refractivity contribution in [1.82, 2.24) is 10.2 Å². The number of fused-ring (bicyclic) bond motifs is 1. The Hall–Kier alpha value is -1.30. The second-order valence-corrected chi connectivity index (χ2v) is 6.22. The van der Waals surface area contributed by atoms with Crippen LogP contribution in [0.1, 0.15) is 5.01 Å². The summed E-state index contributed by atoms with van der Waals surface area (Å²) in [7, 11) is 0. The molecule has 19 heavy (non-hydrogen) atoms. The molecule has 3 aromatic rings. The Kier molecular flexibility index (Phi) is 3.59. The third-order valence-corrected chi connectivity index (χ3v) is 4.40. The van der Waals surface area contributed by atoms with Gasteiger partial charge in [0, 0.05) is 16.5 Å². The molecule has 0 amide bonds. The van der Waals surface area contributed by atoms with E-state index in [2.05, 4.69) is 56.5 Å². The molecule has 0 aliphatic rings. The molecule has 3 rings (SSSR count). The zero-order valence-electron chi connectivity index (χ0n) is 10.1. The van der Waals surface area contributed by atoms with E-state index in [-0.39, 0.29) is 0 Å². The lowest BCUT2D eigenvalue weighted by atomic mass is 10.1. The quantitative estimate of drug-likeness (QED) is 0.796. The van der Waals surface area contributed by atoms with E-state index >= 15 is 0 Å². The summed E-state index contributed by atoms with van der Waals surface area (Å²) in [6.45, 7) is 0.611. The minimum Gasteiger partial charge on any atom is -0.330 e. The minimum absolute atomic E-state index is 0.611. The molecule has 2 aromatic carbocycles. The summed E-state index contributed by atoms with van der Waals surface area (Å²) in [5, 5.41) is 12.8. The predicted octanol–water partition coefficient (Wildman–Crippen LogP) is 3.62. The molecular formula is C14H12BrN3S. The molecule has 0 saturated carbocycles.